The number of piperidine rings is 1. The van der Waals surface area contributed by atoms with Gasteiger partial charge < -0.3 is 9.80 Å². The first-order valence-electron chi connectivity index (χ1n) is 8.77. The number of amides is 1. The first-order valence-corrected chi connectivity index (χ1v) is 8.77. The van der Waals surface area contributed by atoms with Crippen LogP contribution in [0.3, 0.4) is 0 Å². The maximum absolute atomic E-state index is 12.0. The summed E-state index contributed by atoms with van der Waals surface area (Å²) < 4.78 is 1.79. The molecule has 0 N–H and O–H groups in total. The van der Waals surface area contributed by atoms with Crippen LogP contribution < -0.4 is 4.90 Å². The quantitative estimate of drug-likeness (QED) is 0.807. The molecule has 0 atom stereocenters. The molecule has 1 fully saturated rings. The van der Waals surface area contributed by atoms with Crippen LogP contribution >= 0.6 is 0 Å². The van der Waals surface area contributed by atoms with Gasteiger partial charge in [-0.1, -0.05) is 6.92 Å². The summed E-state index contributed by atoms with van der Waals surface area (Å²) >= 11 is 0. The van der Waals surface area contributed by atoms with E-state index in [4.69, 9.17) is 4.98 Å². The van der Waals surface area contributed by atoms with Crippen LogP contribution in [-0.2, 0) is 18.3 Å². The lowest BCUT2D eigenvalue weighted by molar-refractivity contribution is -0.133. The van der Waals surface area contributed by atoms with Gasteiger partial charge in [-0.3, -0.25) is 9.48 Å². The molecule has 2 aromatic heterocycles. The zero-order chi connectivity index (χ0) is 17.1. The number of aromatic nitrogens is 4. The molecule has 0 bridgehead atoms. The summed E-state index contributed by atoms with van der Waals surface area (Å²) in [5, 5.41) is 5.29. The summed E-state index contributed by atoms with van der Waals surface area (Å²) in [5.41, 5.74) is 0.865. The van der Waals surface area contributed by atoms with Crippen LogP contribution in [0.4, 0.5) is 5.82 Å². The molecule has 2 aromatic rings. The Bertz CT molecular complexity index is 725. The van der Waals surface area contributed by atoms with Gasteiger partial charge in [-0.15, -0.1) is 0 Å². The average Bonchev–Trinajstić information content (AvgIpc) is 2.95. The summed E-state index contributed by atoms with van der Waals surface area (Å²) in [5.74, 6) is 2.03. The van der Waals surface area contributed by atoms with E-state index in [0.29, 0.717) is 6.42 Å². The number of aryl methyl sites for hydroxylation is 2. The predicted molar refractivity (Wildman–Crippen MR) is 94.0 cm³/mol. The van der Waals surface area contributed by atoms with Gasteiger partial charge in [0.15, 0.2) is 5.65 Å². The third-order valence-corrected chi connectivity index (χ3v) is 4.58. The third kappa shape index (κ3) is 3.34. The minimum atomic E-state index is 0.274. The van der Waals surface area contributed by atoms with E-state index >= 15 is 0 Å². The van der Waals surface area contributed by atoms with Crippen molar-refractivity contribution in [2.45, 2.75) is 39.0 Å². The second kappa shape index (κ2) is 7.15. The summed E-state index contributed by atoms with van der Waals surface area (Å²) in [7, 11) is 3.93. The van der Waals surface area contributed by atoms with E-state index in [9.17, 15) is 4.79 Å². The Balaban J connectivity index is 1.80. The lowest BCUT2D eigenvalue weighted by atomic mass is 10.1. The second-order valence-corrected chi connectivity index (χ2v) is 6.48. The second-order valence-electron chi connectivity index (χ2n) is 6.48. The van der Waals surface area contributed by atoms with Gasteiger partial charge in [0.05, 0.1) is 11.6 Å². The molecule has 130 valence electrons. The van der Waals surface area contributed by atoms with E-state index in [1.165, 1.54) is 0 Å². The van der Waals surface area contributed by atoms with Crippen LogP contribution in [0, 0.1) is 0 Å². The Labute approximate surface area is 142 Å². The minimum absolute atomic E-state index is 0.274. The number of hydrogen-bond donors (Lipinski definition) is 0. The first kappa shape index (κ1) is 16.7. The Hall–Kier alpha value is -2.18. The van der Waals surface area contributed by atoms with Crippen molar-refractivity contribution in [1.82, 2.24) is 24.6 Å². The highest BCUT2D eigenvalue weighted by atomic mass is 16.2. The summed E-state index contributed by atoms with van der Waals surface area (Å²) in [6.07, 6.45) is 6.50. The molecule has 1 aliphatic rings. The predicted octanol–water partition coefficient (Wildman–Crippen LogP) is 1.76. The third-order valence-electron chi connectivity index (χ3n) is 4.58. The van der Waals surface area contributed by atoms with Crippen LogP contribution in [0.5, 0.6) is 0 Å². The Morgan fingerprint density at radius 1 is 1.29 bits per heavy atom. The first-order chi connectivity index (χ1) is 11.6. The van der Waals surface area contributed by atoms with Crippen LogP contribution in [0.1, 0.15) is 38.4 Å². The smallest absolute Gasteiger partial charge is 0.222 e. The number of carbonyl (C=O) groups excluding carboxylic acids is 1. The number of anilines is 1. The monoisotopic (exact) mass is 330 g/mol. The summed E-state index contributed by atoms with van der Waals surface area (Å²) in [6, 6.07) is 0. The van der Waals surface area contributed by atoms with Crippen LogP contribution in [0.15, 0.2) is 6.20 Å². The van der Waals surface area contributed by atoms with Gasteiger partial charge in [0.1, 0.15) is 11.6 Å². The number of carbonyl (C=O) groups is 1. The Kier molecular flexibility index (Phi) is 4.97. The van der Waals surface area contributed by atoms with Crippen molar-refractivity contribution < 1.29 is 4.79 Å². The molecular weight excluding hydrogens is 304 g/mol. The van der Waals surface area contributed by atoms with Gasteiger partial charge in [-0.05, 0) is 19.3 Å². The topological polar surface area (TPSA) is 67.2 Å². The van der Waals surface area contributed by atoms with E-state index < -0.39 is 0 Å². The molecule has 0 spiro atoms. The standard InChI is InChI=1S/C17H26N6O/c1-4-7-14-19-16(13-12-18-22(3)17(13)20-14)21(2)10-11-23-9-6-5-8-15(23)24/h12H,4-11H2,1-3H3. The molecule has 7 nitrogen and oxygen atoms in total. The maximum atomic E-state index is 12.0. The van der Waals surface area contributed by atoms with Gasteiger partial charge in [-0.25, -0.2) is 9.97 Å². The molecule has 7 heteroatoms. The van der Waals surface area contributed by atoms with E-state index in [1.54, 1.807) is 4.68 Å². The SMILES string of the molecule is CCCc1nc(N(C)CCN2CCCCC2=O)c2cnn(C)c2n1. The molecule has 1 saturated heterocycles. The molecule has 1 amide bonds. The minimum Gasteiger partial charge on any atom is -0.357 e. The molecule has 3 heterocycles. The molecule has 3 rings (SSSR count). The van der Waals surface area contributed by atoms with Gasteiger partial charge in [0.2, 0.25) is 5.91 Å². The van der Waals surface area contributed by atoms with E-state index in [2.05, 4.69) is 21.9 Å². The lowest BCUT2D eigenvalue weighted by Crippen LogP contribution is -2.40. The Morgan fingerprint density at radius 3 is 2.88 bits per heavy atom. The molecule has 0 radical (unpaired) electrons. The molecule has 0 aromatic carbocycles. The molecule has 1 aliphatic heterocycles. The van der Waals surface area contributed by atoms with Crippen LogP contribution in [0.25, 0.3) is 11.0 Å². The van der Waals surface area contributed by atoms with Crippen LogP contribution in [-0.4, -0.2) is 57.2 Å². The fraction of sp³-hybridized carbons (Fsp3) is 0.647. The highest BCUT2D eigenvalue weighted by Crippen LogP contribution is 2.23. The van der Waals surface area contributed by atoms with Gasteiger partial charge >= 0.3 is 0 Å². The zero-order valence-corrected chi connectivity index (χ0v) is 14.8. The number of rotatable bonds is 6. The zero-order valence-electron chi connectivity index (χ0n) is 14.8. The van der Waals surface area contributed by atoms with Crippen molar-refractivity contribution >= 4 is 22.8 Å². The average molecular weight is 330 g/mol. The van der Waals surface area contributed by atoms with Crippen molar-refractivity contribution in [1.29, 1.82) is 0 Å². The normalized spacial score (nSPS) is 15.3. The molecule has 24 heavy (non-hydrogen) atoms. The number of nitrogens with zero attached hydrogens (tertiary/aromatic N) is 6. The molecule has 0 aliphatic carbocycles. The number of fused-ring (bicyclic) bond motifs is 1. The van der Waals surface area contributed by atoms with Gasteiger partial charge in [0.25, 0.3) is 0 Å². The summed E-state index contributed by atoms with van der Waals surface area (Å²) in [4.78, 5) is 25.4. The van der Waals surface area contributed by atoms with Gasteiger partial charge in [-0.2, -0.15) is 5.10 Å². The Morgan fingerprint density at radius 2 is 2.12 bits per heavy atom. The van der Waals surface area contributed by atoms with Crippen molar-refractivity contribution in [3.8, 4) is 0 Å². The summed E-state index contributed by atoms with van der Waals surface area (Å²) in [6.45, 7) is 4.50. The molecular formula is C17H26N6O. The number of hydrogen-bond acceptors (Lipinski definition) is 5. The van der Waals surface area contributed by atoms with Gasteiger partial charge in [0, 0.05) is 46.6 Å². The highest BCUT2D eigenvalue weighted by Gasteiger charge is 2.19. The lowest BCUT2D eigenvalue weighted by Gasteiger charge is -2.29. The highest BCUT2D eigenvalue weighted by molar-refractivity contribution is 5.86. The van der Waals surface area contributed by atoms with Crippen LogP contribution in [0.2, 0.25) is 0 Å². The molecule has 0 unspecified atom stereocenters. The number of likely N-dealkylation sites (N-methyl/N-ethyl adjacent to an activating group) is 1. The fourth-order valence-electron chi connectivity index (χ4n) is 3.15. The van der Waals surface area contributed by atoms with E-state index in [-0.39, 0.29) is 5.91 Å². The van der Waals surface area contributed by atoms with E-state index in [0.717, 1.165) is 68.0 Å². The largest absolute Gasteiger partial charge is 0.357 e. The van der Waals surface area contributed by atoms with Crippen molar-refractivity contribution in [2.75, 3.05) is 31.6 Å². The fourth-order valence-corrected chi connectivity index (χ4v) is 3.15. The van der Waals surface area contributed by atoms with Crippen molar-refractivity contribution in [3.05, 3.63) is 12.0 Å². The van der Waals surface area contributed by atoms with E-state index in [1.807, 2.05) is 25.2 Å². The van der Waals surface area contributed by atoms with Crippen molar-refractivity contribution in [2.24, 2.45) is 7.05 Å². The van der Waals surface area contributed by atoms with Crippen molar-refractivity contribution in [3.63, 3.8) is 0 Å². The maximum Gasteiger partial charge on any atom is 0.222 e. The number of likely N-dealkylation sites (tertiary alicyclic amines) is 1. The molecule has 0 saturated carbocycles.